The number of hydrazine groups is 1. The van der Waals surface area contributed by atoms with Gasteiger partial charge in [0.2, 0.25) is 0 Å². The van der Waals surface area contributed by atoms with Crippen molar-refractivity contribution in [1.82, 2.24) is 10.3 Å². The maximum absolute atomic E-state index is 12.1. The molecule has 0 aliphatic heterocycles. The van der Waals surface area contributed by atoms with Crippen molar-refractivity contribution in [2.75, 3.05) is 0 Å². The summed E-state index contributed by atoms with van der Waals surface area (Å²) in [4.78, 5) is 13.4. The van der Waals surface area contributed by atoms with Crippen molar-refractivity contribution in [3.8, 4) is 5.75 Å². The number of carbonyl (C=O) groups is 1. The molecule has 2 rings (SSSR count). The number of furan rings is 1. The lowest BCUT2D eigenvalue weighted by Crippen LogP contribution is -2.41. The number of sulfonamides is 1. The molecular weight excluding hydrogens is 365 g/mol. The number of aryl methyl sites for hydroxylation is 2. The number of halogens is 3. The van der Waals surface area contributed by atoms with Gasteiger partial charge in [0.1, 0.15) is 17.3 Å². The summed E-state index contributed by atoms with van der Waals surface area (Å²) in [7, 11) is -4.18. The zero-order valence-electron chi connectivity index (χ0n) is 13.0. The Bertz CT molecular complexity index is 873. The first-order chi connectivity index (χ1) is 11.5. The second kappa shape index (κ2) is 6.76. The van der Waals surface area contributed by atoms with Gasteiger partial charge in [-0.15, -0.1) is 18.0 Å². The standard InChI is InChI=1S/C14H13F3N2O5S/c1-8-7-12(9(2)23-8)13(20)18-19-25(21,22)11-5-3-10(4-6-11)24-14(15,16)17/h3-7,19H,1-2H3,(H,18,20). The number of amides is 1. The Kier molecular flexibility index (Phi) is 5.09. The van der Waals surface area contributed by atoms with Gasteiger partial charge in [-0.2, -0.15) is 0 Å². The van der Waals surface area contributed by atoms with Gasteiger partial charge in [-0.05, 0) is 44.2 Å². The van der Waals surface area contributed by atoms with E-state index in [2.05, 4.69) is 4.74 Å². The molecule has 136 valence electrons. The monoisotopic (exact) mass is 378 g/mol. The fourth-order valence-electron chi connectivity index (χ4n) is 1.92. The third-order valence-corrected chi connectivity index (χ3v) is 4.22. The molecule has 11 heteroatoms. The molecule has 0 atom stereocenters. The number of alkyl halides is 3. The second-order valence-corrected chi connectivity index (χ2v) is 6.59. The van der Waals surface area contributed by atoms with E-state index < -0.39 is 28.0 Å². The van der Waals surface area contributed by atoms with Gasteiger partial charge in [0.15, 0.2) is 0 Å². The highest BCUT2D eigenvalue weighted by atomic mass is 32.2. The SMILES string of the molecule is Cc1cc(C(=O)NNS(=O)(=O)c2ccc(OC(F)(F)F)cc2)c(C)o1. The Hall–Kier alpha value is -2.53. The first-order valence-corrected chi connectivity index (χ1v) is 8.21. The summed E-state index contributed by atoms with van der Waals surface area (Å²) >= 11 is 0. The second-order valence-electron chi connectivity index (χ2n) is 4.91. The van der Waals surface area contributed by atoms with E-state index in [1.165, 1.54) is 13.0 Å². The molecule has 0 unspecified atom stereocenters. The van der Waals surface area contributed by atoms with Gasteiger partial charge in [-0.25, -0.2) is 8.42 Å². The van der Waals surface area contributed by atoms with Crippen molar-refractivity contribution >= 4 is 15.9 Å². The van der Waals surface area contributed by atoms with E-state index in [-0.39, 0.29) is 10.5 Å². The highest BCUT2D eigenvalue weighted by molar-refractivity contribution is 7.89. The maximum Gasteiger partial charge on any atom is 0.573 e. The minimum atomic E-state index is -4.88. The van der Waals surface area contributed by atoms with Crippen LogP contribution in [0.2, 0.25) is 0 Å². The molecule has 1 aromatic carbocycles. The maximum atomic E-state index is 12.1. The summed E-state index contributed by atoms with van der Waals surface area (Å²) in [6, 6.07) is 4.93. The lowest BCUT2D eigenvalue weighted by Gasteiger charge is -2.10. The van der Waals surface area contributed by atoms with E-state index in [9.17, 15) is 26.4 Å². The molecule has 0 saturated carbocycles. The topological polar surface area (TPSA) is 97.6 Å². The van der Waals surface area contributed by atoms with Gasteiger partial charge >= 0.3 is 6.36 Å². The van der Waals surface area contributed by atoms with Crippen LogP contribution in [-0.4, -0.2) is 20.7 Å². The van der Waals surface area contributed by atoms with Gasteiger partial charge in [0.25, 0.3) is 15.9 Å². The Morgan fingerprint density at radius 3 is 2.24 bits per heavy atom. The molecule has 0 spiro atoms. The fourth-order valence-corrected chi connectivity index (χ4v) is 2.76. The largest absolute Gasteiger partial charge is 0.573 e. The minimum Gasteiger partial charge on any atom is -0.466 e. The minimum absolute atomic E-state index is 0.147. The van der Waals surface area contributed by atoms with E-state index in [0.717, 1.165) is 24.3 Å². The molecule has 0 bridgehead atoms. The van der Waals surface area contributed by atoms with Crippen LogP contribution >= 0.6 is 0 Å². The highest BCUT2D eigenvalue weighted by Crippen LogP contribution is 2.23. The van der Waals surface area contributed by atoms with E-state index in [1.54, 1.807) is 6.92 Å². The van der Waals surface area contributed by atoms with Crippen molar-refractivity contribution in [2.45, 2.75) is 25.1 Å². The van der Waals surface area contributed by atoms with Gasteiger partial charge in [0, 0.05) is 0 Å². The van der Waals surface area contributed by atoms with Crippen LogP contribution in [0, 0.1) is 13.8 Å². The number of ether oxygens (including phenoxy) is 1. The molecule has 1 aromatic heterocycles. The van der Waals surface area contributed by atoms with Crippen LogP contribution in [0.1, 0.15) is 21.9 Å². The van der Waals surface area contributed by atoms with Gasteiger partial charge in [-0.3, -0.25) is 10.2 Å². The number of rotatable bonds is 5. The van der Waals surface area contributed by atoms with Crippen LogP contribution in [0.3, 0.4) is 0 Å². The number of hydrogen-bond acceptors (Lipinski definition) is 5. The quantitative estimate of drug-likeness (QED) is 0.779. The molecule has 0 aliphatic carbocycles. The summed E-state index contributed by atoms with van der Waals surface area (Å²) in [5.41, 5.74) is 2.14. The molecule has 2 N–H and O–H groups in total. The van der Waals surface area contributed by atoms with Crippen molar-refractivity contribution < 1.29 is 35.5 Å². The molecule has 0 fully saturated rings. The fraction of sp³-hybridized carbons (Fsp3) is 0.214. The summed E-state index contributed by atoms with van der Waals surface area (Å²) in [6.07, 6.45) is -4.88. The third-order valence-electron chi connectivity index (χ3n) is 2.95. The summed E-state index contributed by atoms with van der Waals surface area (Å²) in [6.45, 7) is 3.16. The molecule has 1 amide bonds. The van der Waals surface area contributed by atoms with E-state index in [0.29, 0.717) is 11.5 Å². The van der Waals surface area contributed by atoms with Gasteiger partial charge in [0.05, 0.1) is 10.5 Å². The van der Waals surface area contributed by atoms with Crippen molar-refractivity contribution in [1.29, 1.82) is 0 Å². The molecule has 7 nitrogen and oxygen atoms in total. The van der Waals surface area contributed by atoms with E-state index in [4.69, 9.17) is 4.42 Å². The predicted octanol–water partition coefficient (Wildman–Crippen LogP) is 2.42. The molecule has 0 saturated heterocycles. The summed E-state index contributed by atoms with van der Waals surface area (Å²) in [5, 5.41) is 0. The van der Waals surface area contributed by atoms with E-state index >= 15 is 0 Å². The van der Waals surface area contributed by atoms with Crippen LogP contribution in [0.15, 0.2) is 39.6 Å². The Labute approximate surface area is 140 Å². The van der Waals surface area contributed by atoms with Crippen LogP contribution in [0.25, 0.3) is 0 Å². The third kappa shape index (κ3) is 4.97. The van der Waals surface area contributed by atoms with Crippen LogP contribution in [-0.2, 0) is 10.0 Å². The Morgan fingerprint density at radius 2 is 1.76 bits per heavy atom. The average Bonchev–Trinajstić information content (AvgIpc) is 2.82. The first kappa shape index (κ1) is 18.8. The Morgan fingerprint density at radius 1 is 1.16 bits per heavy atom. The van der Waals surface area contributed by atoms with Gasteiger partial charge < -0.3 is 9.15 Å². The zero-order valence-corrected chi connectivity index (χ0v) is 13.8. The number of benzene rings is 1. The zero-order chi connectivity index (χ0) is 18.8. The lowest BCUT2D eigenvalue weighted by molar-refractivity contribution is -0.274. The van der Waals surface area contributed by atoms with Crippen LogP contribution in [0.4, 0.5) is 13.2 Å². The summed E-state index contributed by atoms with van der Waals surface area (Å²) < 4.78 is 69.1. The van der Waals surface area contributed by atoms with Crippen molar-refractivity contribution in [2.24, 2.45) is 0 Å². The Balaban J connectivity index is 2.06. The highest BCUT2D eigenvalue weighted by Gasteiger charge is 2.31. The van der Waals surface area contributed by atoms with Crippen molar-refractivity contribution in [3.05, 3.63) is 47.4 Å². The lowest BCUT2D eigenvalue weighted by atomic mass is 10.2. The number of nitrogens with one attached hydrogen (secondary N) is 2. The van der Waals surface area contributed by atoms with Crippen molar-refractivity contribution in [3.63, 3.8) is 0 Å². The first-order valence-electron chi connectivity index (χ1n) is 6.73. The predicted molar refractivity (Wildman–Crippen MR) is 79.1 cm³/mol. The molecular formula is C14H13F3N2O5S. The van der Waals surface area contributed by atoms with E-state index in [1.807, 2.05) is 10.3 Å². The number of hydrogen-bond donors (Lipinski definition) is 2. The van der Waals surface area contributed by atoms with Gasteiger partial charge in [-0.1, -0.05) is 0 Å². The molecule has 1 heterocycles. The molecule has 0 radical (unpaired) electrons. The molecule has 2 aromatic rings. The smallest absolute Gasteiger partial charge is 0.466 e. The molecule has 25 heavy (non-hydrogen) atoms. The molecule has 0 aliphatic rings. The normalized spacial score (nSPS) is 12.0. The summed E-state index contributed by atoms with van der Waals surface area (Å²) in [5.74, 6) is -0.524. The van der Waals surface area contributed by atoms with Crippen LogP contribution < -0.4 is 15.0 Å². The van der Waals surface area contributed by atoms with Crippen LogP contribution in [0.5, 0.6) is 5.75 Å². The average molecular weight is 378 g/mol. The number of carbonyl (C=O) groups excluding carboxylic acids is 1.